The first-order valence-electron chi connectivity index (χ1n) is 9.79. The van der Waals surface area contributed by atoms with Gasteiger partial charge in [0.1, 0.15) is 11.7 Å². The average molecular weight is 396 g/mol. The average Bonchev–Trinajstić information content (AvgIpc) is 3.37. The molecule has 0 amide bonds. The summed E-state index contributed by atoms with van der Waals surface area (Å²) in [6.07, 6.45) is 1.15. The van der Waals surface area contributed by atoms with Gasteiger partial charge in [0.25, 0.3) is 0 Å². The summed E-state index contributed by atoms with van der Waals surface area (Å²) >= 11 is 0. The van der Waals surface area contributed by atoms with E-state index in [0.717, 1.165) is 22.5 Å². The van der Waals surface area contributed by atoms with Crippen LogP contribution in [0.4, 0.5) is 0 Å². The van der Waals surface area contributed by atoms with Crippen molar-refractivity contribution in [2.75, 3.05) is 0 Å². The Kier molecular flexibility index (Phi) is 5.64. The van der Waals surface area contributed by atoms with Crippen molar-refractivity contribution in [3.8, 4) is 0 Å². The predicted octanol–water partition coefficient (Wildman–Crippen LogP) is 4.27. The zero-order chi connectivity index (χ0) is 21.3. The number of esters is 1. The van der Waals surface area contributed by atoms with Crippen LogP contribution in [0.15, 0.2) is 35.3 Å². The Balaban J connectivity index is 2.11. The fourth-order valence-electron chi connectivity index (χ4n) is 3.29. The summed E-state index contributed by atoms with van der Waals surface area (Å²) in [7, 11) is 1.87. The van der Waals surface area contributed by atoms with Crippen LogP contribution in [0.1, 0.15) is 57.1 Å². The molecule has 0 fully saturated rings. The molecule has 1 aliphatic heterocycles. The third-order valence-electron chi connectivity index (χ3n) is 4.75. The Hall–Kier alpha value is -2.89. The molecule has 0 N–H and O–H groups in total. The minimum atomic E-state index is -0.736. The van der Waals surface area contributed by atoms with Gasteiger partial charge in [-0.3, -0.25) is 14.5 Å². The normalized spacial score (nSPS) is 17.6. The summed E-state index contributed by atoms with van der Waals surface area (Å²) in [5, 5.41) is 4.46. The van der Waals surface area contributed by atoms with Gasteiger partial charge in [-0.15, -0.1) is 0 Å². The number of ether oxygens (including phenoxy) is 2. The summed E-state index contributed by atoms with van der Waals surface area (Å²) < 4.78 is 13.2. The summed E-state index contributed by atoms with van der Waals surface area (Å²) in [5.41, 5.74) is 4.97. The van der Waals surface area contributed by atoms with Crippen molar-refractivity contribution >= 4 is 23.5 Å². The van der Waals surface area contributed by atoms with Crippen LogP contribution in [0.3, 0.4) is 0 Å². The Morgan fingerprint density at radius 3 is 2.24 bits per heavy atom. The molecule has 6 heteroatoms. The molecule has 2 atom stereocenters. The minimum Gasteiger partial charge on any atom is -0.452 e. The van der Waals surface area contributed by atoms with Gasteiger partial charge in [0.15, 0.2) is 5.76 Å². The van der Waals surface area contributed by atoms with E-state index in [1.165, 1.54) is 12.5 Å². The molecular formula is C23H29N3O3. The molecule has 0 saturated heterocycles. The largest absolute Gasteiger partial charge is 0.452 e. The second-order valence-corrected chi connectivity index (χ2v) is 8.40. The van der Waals surface area contributed by atoms with E-state index >= 15 is 0 Å². The lowest BCUT2D eigenvalue weighted by Crippen LogP contribution is -2.18. The lowest BCUT2D eigenvalue weighted by molar-refractivity contribution is -0.161. The molecule has 0 bridgehead atoms. The highest BCUT2D eigenvalue weighted by Gasteiger charge is 2.29. The maximum Gasteiger partial charge on any atom is 0.305 e. The zero-order valence-electron chi connectivity index (χ0n) is 18.2. The highest BCUT2D eigenvalue weighted by Crippen LogP contribution is 2.36. The molecule has 2 unspecified atom stereocenters. The number of nitrogens with zero attached hydrogens (tertiary/aromatic N) is 3. The summed E-state index contributed by atoms with van der Waals surface area (Å²) in [5.74, 6) is 0.227. The first-order chi connectivity index (χ1) is 13.6. The highest BCUT2D eigenvalue weighted by atomic mass is 16.7. The van der Waals surface area contributed by atoms with Crippen molar-refractivity contribution in [1.82, 2.24) is 9.78 Å². The fraction of sp³-hybridized carbons (Fsp3) is 0.435. The van der Waals surface area contributed by atoms with Crippen molar-refractivity contribution in [3.05, 3.63) is 52.8 Å². The lowest BCUT2D eigenvalue weighted by atomic mass is 9.86. The molecule has 0 saturated carbocycles. The Labute approximate surface area is 172 Å². The molecule has 3 rings (SSSR count). The van der Waals surface area contributed by atoms with Gasteiger partial charge < -0.3 is 9.47 Å². The molecule has 1 aliphatic rings. The number of aliphatic imine (C=N–C) groups is 1. The van der Waals surface area contributed by atoms with Gasteiger partial charge in [-0.2, -0.15) is 5.10 Å². The predicted molar refractivity (Wildman–Crippen MR) is 114 cm³/mol. The van der Waals surface area contributed by atoms with Crippen molar-refractivity contribution in [1.29, 1.82) is 0 Å². The van der Waals surface area contributed by atoms with E-state index in [1.54, 1.807) is 11.6 Å². The van der Waals surface area contributed by atoms with Crippen LogP contribution in [0, 0.1) is 6.92 Å². The third-order valence-corrected chi connectivity index (χ3v) is 4.75. The fourth-order valence-corrected chi connectivity index (χ4v) is 3.29. The monoisotopic (exact) mass is 395 g/mol. The first kappa shape index (κ1) is 20.8. The molecule has 154 valence electrons. The van der Waals surface area contributed by atoms with Gasteiger partial charge in [-0.25, -0.2) is 0 Å². The number of carbonyl (C=O) groups excluding carboxylic acids is 1. The molecule has 1 aromatic heterocycles. The molecular weight excluding hydrogens is 366 g/mol. The summed E-state index contributed by atoms with van der Waals surface area (Å²) in [6, 6.07) is 10.4. The van der Waals surface area contributed by atoms with E-state index in [1.807, 2.05) is 26.3 Å². The molecule has 0 aliphatic carbocycles. The van der Waals surface area contributed by atoms with Crippen LogP contribution < -0.4 is 0 Å². The number of aromatic nitrogens is 2. The second kappa shape index (κ2) is 7.85. The maximum atomic E-state index is 11.4. The Morgan fingerprint density at radius 2 is 1.79 bits per heavy atom. The number of hydrogen-bond acceptors (Lipinski definition) is 5. The number of aryl methyl sites for hydroxylation is 2. The standard InChI is InChI=1S/C23H29N3O3/c1-14-12-20(26(7)25-14)22(29-16(3)28-15(2)27)21(19-13-24-19)17-8-10-18(11-9-17)23(4,5)6/h8-13,16,19H,1-7H3/b22-21+. The van der Waals surface area contributed by atoms with Crippen molar-refractivity contribution < 1.29 is 14.3 Å². The van der Waals surface area contributed by atoms with E-state index in [0.29, 0.717) is 5.76 Å². The molecule has 0 spiro atoms. The van der Waals surface area contributed by atoms with E-state index < -0.39 is 12.3 Å². The van der Waals surface area contributed by atoms with Gasteiger partial charge in [-0.05, 0) is 29.5 Å². The Morgan fingerprint density at radius 1 is 1.17 bits per heavy atom. The van der Waals surface area contributed by atoms with Crippen LogP contribution >= 0.6 is 0 Å². The van der Waals surface area contributed by atoms with E-state index in [-0.39, 0.29) is 11.5 Å². The van der Waals surface area contributed by atoms with Crippen molar-refractivity contribution in [3.63, 3.8) is 0 Å². The smallest absolute Gasteiger partial charge is 0.305 e. The first-order valence-corrected chi connectivity index (χ1v) is 9.79. The molecule has 2 aromatic rings. The number of benzene rings is 1. The Bertz CT molecular complexity index is 956. The van der Waals surface area contributed by atoms with E-state index in [9.17, 15) is 4.79 Å². The molecule has 6 nitrogen and oxygen atoms in total. The van der Waals surface area contributed by atoms with Gasteiger partial charge in [0, 0.05) is 32.7 Å². The van der Waals surface area contributed by atoms with Crippen molar-refractivity contribution in [2.24, 2.45) is 12.0 Å². The third kappa shape index (κ3) is 4.94. The van der Waals surface area contributed by atoms with Crippen LogP contribution in [0.25, 0.3) is 11.3 Å². The number of rotatable bonds is 6. The second-order valence-electron chi connectivity index (χ2n) is 8.40. The van der Waals surface area contributed by atoms with Crippen LogP contribution in [0.5, 0.6) is 0 Å². The zero-order valence-corrected chi connectivity index (χ0v) is 18.2. The van der Waals surface area contributed by atoms with Gasteiger partial charge in [-0.1, -0.05) is 45.0 Å². The highest BCUT2D eigenvalue weighted by molar-refractivity contribution is 6.03. The quantitative estimate of drug-likeness (QED) is 0.416. The number of carbonyl (C=O) groups is 1. The lowest BCUT2D eigenvalue weighted by Gasteiger charge is -2.22. The van der Waals surface area contributed by atoms with Crippen LogP contribution in [0.2, 0.25) is 0 Å². The summed E-state index contributed by atoms with van der Waals surface area (Å²) in [6.45, 7) is 11.6. The van der Waals surface area contributed by atoms with E-state index in [2.05, 4.69) is 55.1 Å². The molecule has 2 heterocycles. The van der Waals surface area contributed by atoms with Crippen LogP contribution in [-0.2, 0) is 26.7 Å². The van der Waals surface area contributed by atoms with Crippen LogP contribution in [-0.4, -0.2) is 34.3 Å². The minimum absolute atomic E-state index is 0.0646. The summed E-state index contributed by atoms with van der Waals surface area (Å²) in [4.78, 5) is 15.8. The molecule has 29 heavy (non-hydrogen) atoms. The van der Waals surface area contributed by atoms with E-state index in [4.69, 9.17) is 9.47 Å². The maximum absolute atomic E-state index is 11.4. The topological polar surface area (TPSA) is 65.7 Å². The van der Waals surface area contributed by atoms with Gasteiger partial charge >= 0.3 is 5.97 Å². The van der Waals surface area contributed by atoms with Gasteiger partial charge in [0.05, 0.1) is 5.69 Å². The SMILES string of the molecule is CC(=O)OC(C)O/C(=C(\c1ccc(C(C)(C)C)cc1)C1C=N1)c1cc(C)nn1C. The molecule has 0 radical (unpaired) electrons. The molecule has 1 aromatic carbocycles. The number of hydrogen-bond donors (Lipinski definition) is 0. The van der Waals surface area contributed by atoms with Gasteiger partial charge in [0.2, 0.25) is 6.29 Å². The van der Waals surface area contributed by atoms with Crippen molar-refractivity contribution in [2.45, 2.75) is 59.3 Å².